The number of hydrazone groups is 1. The van der Waals surface area contributed by atoms with Crippen molar-refractivity contribution in [1.82, 2.24) is 15.1 Å². The zero-order chi connectivity index (χ0) is 19.4. The SMILES string of the molecule is O=C(NCCn1cc([N+](=O)[O-])cn1)C1=NN(c2ccccc2)C(C(=O)O)C1. The number of aromatic nitrogens is 2. The Balaban J connectivity index is 1.62. The normalized spacial score (nSPS) is 16.1. The smallest absolute Gasteiger partial charge is 0.328 e. The second-order valence-corrected chi connectivity index (χ2v) is 5.76. The standard InChI is InChI=1S/C16H16N6O5/c23-15(17-6-7-20-10-12(9-18-20)22(26)27)13-8-14(16(24)25)21(19-13)11-4-2-1-3-5-11/h1-5,9-10,14H,6-8H2,(H,17,23)(H,24,25). The Morgan fingerprint density at radius 2 is 2.07 bits per heavy atom. The molecule has 0 fully saturated rings. The van der Waals surface area contributed by atoms with Gasteiger partial charge in [0, 0.05) is 13.0 Å². The van der Waals surface area contributed by atoms with Crippen LogP contribution in [0.4, 0.5) is 11.4 Å². The third-order valence-electron chi connectivity index (χ3n) is 3.94. The molecule has 1 aromatic heterocycles. The highest BCUT2D eigenvalue weighted by atomic mass is 16.6. The Labute approximate surface area is 153 Å². The van der Waals surface area contributed by atoms with Gasteiger partial charge in [0.2, 0.25) is 0 Å². The number of carboxylic acid groups (broad SMARTS) is 1. The predicted octanol–water partition coefficient (Wildman–Crippen LogP) is 0.627. The van der Waals surface area contributed by atoms with E-state index in [2.05, 4.69) is 15.5 Å². The fourth-order valence-electron chi connectivity index (χ4n) is 2.61. The van der Waals surface area contributed by atoms with Crippen LogP contribution in [0.25, 0.3) is 0 Å². The summed E-state index contributed by atoms with van der Waals surface area (Å²) < 4.78 is 1.34. The maximum Gasteiger partial charge on any atom is 0.328 e. The van der Waals surface area contributed by atoms with Crippen molar-refractivity contribution in [3.05, 3.63) is 52.8 Å². The number of carboxylic acids is 1. The average Bonchev–Trinajstić information content (AvgIpc) is 3.30. The van der Waals surface area contributed by atoms with Gasteiger partial charge in [-0.1, -0.05) is 18.2 Å². The lowest BCUT2D eigenvalue weighted by Gasteiger charge is -2.19. The van der Waals surface area contributed by atoms with Gasteiger partial charge < -0.3 is 10.4 Å². The van der Waals surface area contributed by atoms with Crippen LogP contribution >= 0.6 is 0 Å². The molecule has 0 saturated carbocycles. The van der Waals surface area contributed by atoms with Crippen LogP contribution in [-0.4, -0.2) is 50.0 Å². The van der Waals surface area contributed by atoms with Crippen molar-refractivity contribution >= 4 is 29.0 Å². The second-order valence-electron chi connectivity index (χ2n) is 5.76. The first-order valence-corrected chi connectivity index (χ1v) is 8.05. The van der Waals surface area contributed by atoms with E-state index in [0.29, 0.717) is 5.69 Å². The van der Waals surface area contributed by atoms with Gasteiger partial charge in [-0.05, 0) is 12.1 Å². The van der Waals surface area contributed by atoms with Crippen LogP contribution in [0, 0.1) is 10.1 Å². The zero-order valence-electron chi connectivity index (χ0n) is 14.1. The molecule has 0 spiro atoms. The Hall–Kier alpha value is -3.76. The van der Waals surface area contributed by atoms with Crippen molar-refractivity contribution in [2.75, 3.05) is 11.6 Å². The molecule has 1 aromatic carbocycles. The fraction of sp³-hybridized carbons (Fsp3) is 0.250. The van der Waals surface area contributed by atoms with E-state index >= 15 is 0 Å². The number of nitrogens with one attached hydrogen (secondary N) is 1. The number of aliphatic carboxylic acids is 1. The molecule has 1 aliphatic heterocycles. The zero-order valence-corrected chi connectivity index (χ0v) is 14.1. The van der Waals surface area contributed by atoms with E-state index in [-0.39, 0.29) is 30.9 Å². The lowest BCUT2D eigenvalue weighted by molar-refractivity contribution is -0.385. The number of amides is 1. The van der Waals surface area contributed by atoms with Crippen molar-refractivity contribution in [3.8, 4) is 0 Å². The molecule has 11 nitrogen and oxygen atoms in total. The molecular formula is C16H16N6O5. The maximum absolute atomic E-state index is 12.3. The molecule has 27 heavy (non-hydrogen) atoms. The number of nitrogens with zero attached hydrogens (tertiary/aromatic N) is 5. The average molecular weight is 372 g/mol. The lowest BCUT2D eigenvalue weighted by atomic mass is 10.1. The topological polar surface area (TPSA) is 143 Å². The largest absolute Gasteiger partial charge is 0.480 e. The van der Waals surface area contributed by atoms with Crippen LogP contribution < -0.4 is 10.3 Å². The Morgan fingerprint density at radius 3 is 2.70 bits per heavy atom. The molecule has 140 valence electrons. The molecular weight excluding hydrogens is 356 g/mol. The predicted molar refractivity (Wildman–Crippen MR) is 94.3 cm³/mol. The number of anilines is 1. The Morgan fingerprint density at radius 1 is 1.33 bits per heavy atom. The van der Waals surface area contributed by atoms with Crippen molar-refractivity contribution in [2.45, 2.75) is 19.0 Å². The van der Waals surface area contributed by atoms with Gasteiger partial charge in [0.05, 0.1) is 17.2 Å². The van der Waals surface area contributed by atoms with Gasteiger partial charge in [0.1, 0.15) is 18.1 Å². The van der Waals surface area contributed by atoms with E-state index in [1.54, 1.807) is 30.3 Å². The van der Waals surface area contributed by atoms with Crippen molar-refractivity contribution < 1.29 is 19.6 Å². The van der Waals surface area contributed by atoms with Crippen LogP contribution in [-0.2, 0) is 16.1 Å². The lowest BCUT2D eigenvalue weighted by Crippen LogP contribution is -2.36. The highest BCUT2D eigenvalue weighted by molar-refractivity contribution is 6.40. The van der Waals surface area contributed by atoms with Gasteiger partial charge >= 0.3 is 11.7 Å². The monoisotopic (exact) mass is 372 g/mol. The van der Waals surface area contributed by atoms with Crippen LogP contribution in [0.15, 0.2) is 47.8 Å². The fourth-order valence-corrected chi connectivity index (χ4v) is 2.61. The minimum Gasteiger partial charge on any atom is -0.480 e. The molecule has 1 aliphatic rings. The molecule has 0 bridgehead atoms. The number of hydrogen-bond donors (Lipinski definition) is 2. The number of carbonyl (C=O) groups is 2. The Bertz CT molecular complexity index is 894. The van der Waals surface area contributed by atoms with Gasteiger partial charge in [-0.25, -0.2) is 4.79 Å². The Kier molecular flexibility index (Phi) is 5.11. The summed E-state index contributed by atoms with van der Waals surface area (Å²) in [6.07, 6.45) is 2.36. The molecule has 2 aromatic rings. The van der Waals surface area contributed by atoms with Crippen molar-refractivity contribution in [2.24, 2.45) is 5.10 Å². The summed E-state index contributed by atoms with van der Waals surface area (Å²) in [6.45, 7) is 0.400. The van der Waals surface area contributed by atoms with E-state index < -0.39 is 22.8 Å². The number of hydrogen-bond acceptors (Lipinski definition) is 7. The summed E-state index contributed by atoms with van der Waals surface area (Å²) in [7, 11) is 0. The van der Waals surface area contributed by atoms with Crippen molar-refractivity contribution in [1.29, 1.82) is 0 Å². The second kappa shape index (κ2) is 7.64. The molecule has 0 radical (unpaired) electrons. The first-order valence-electron chi connectivity index (χ1n) is 8.05. The number of para-hydroxylation sites is 1. The third-order valence-corrected chi connectivity index (χ3v) is 3.94. The molecule has 0 saturated heterocycles. The van der Waals surface area contributed by atoms with Crippen LogP contribution in [0.2, 0.25) is 0 Å². The number of nitro groups is 1. The van der Waals surface area contributed by atoms with Crippen LogP contribution in [0.3, 0.4) is 0 Å². The summed E-state index contributed by atoms with van der Waals surface area (Å²) in [4.78, 5) is 33.9. The molecule has 11 heteroatoms. The van der Waals surface area contributed by atoms with E-state index in [1.807, 2.05) is 0 Å². The highest BCUT2D eigenvalue weighted by Crippen LogP contribution is 2.24. The molecule has 2 heterocycles. The number of benzene rings is 1. The van der Waals surface area contributed by atoms with Crippen LogP contribution in [0.1, 0.15) is 6.42 Å². The summed E-state index contributed by atoms with van der Waals surface area (Å²) in [6, 6.07) is 7.78. The minimum atomic E-state index is -1.07. The third kappa shape index (κ3) is 4.08. The van der Waals surface area contributed by atoms with Gasteiger partial charge in [-0.3, -0.25) is 24.6 Å². The van der Waals surface area contributed by atoms with E-state index in [1.165, 1.54) is 15.9 Å². The van der Waals surface area contributed by atoms with Gasteiger partial charge in [0.25, 0.3) is 5.91 Å². The molecule has 3 rings (SSSR count). The van der Waals surface area contributed by atoms with Gasteiger partial charge in [-0.2, -0.15) is 10.2 Å². The van der Waals surface area contributed by atoms with Crippen LogP contribution in [0.5, 0.6) is 0 Å². The first kappa shape index (κ1) is 18.0. The van der Waals surface area contributed by atoms with Crippen molar-refractivity contribution in [3.63, 3.8) is 0 Å². The molecule has 2 N–H and O–H groups in total. The molecule has 1 amide bonds. The minimum absolute atomic E-state index is 0.0245. The molecule has 1 unspecified atom stereocenters. The highest BCUT2D eigenvalue weighted by Gasteiger charge is 2.36. The molecule has 0 aliphatic carbocycles. The quantitative estimate of drug-likeness (QED) is 0.536. The maximum atomic E-state index is 12.3. The summed E-state index contributed by atoms with van der Waals surface area (Å²) in [5.74, 6) is -1.56. The summed E-state index contributed by atoms with van der Waals surface area (Å²) in [5.41, 5.74) is 0.554. The molecule has 1 atom stereocenters. The first-order chi connectivity index (χ1) is 13.0. The van der Waals surface area contributed by atoms with Gasteiger partial charge in [-0.15, -0.1) is 0 Å². The number of carbonyl (C=O) groups excluding carboxylic acids is 1. The van der Waals surface area contributed by atoms with Gasteiger partial charge in [0.15, 0.2) is 6.04 Å². The number of rotatable bonds is 7. The van der Waals surface area contributed by atoms with E-state index in [0.717, 1.165) is 6.20 Å². The van der Waals surface area contributed by atoms with E-state index in [4.69, 9.17) is 0 Å². The van der Waals surface area contributed by atoms with E-state index in [9.17, 15) is 24.8 Å². The summed E-state index contributed by atoms with van der Waals surface area (Å²) in [5, 5.41) is 31.9. The summed E-state index contributed by atoms with van der Waals surface area (Å²) >= 11 is 0.